The Hall–Kier alpha value is -2.34. The number of rotatable bonds is 4. The predicted molar refractivity (Wildman–Crippen MR) is 99.4 cm³/mol. The van der Waals surface area contributed by atoms with Gasteiger partial charge in [-0.25, -0.2) is 0 Å². The Morgan fingerprint density at radius 2 is 2.08 bits per heavy atom. The Balaban J connectivity index is 1.74. The summed E-state index contributed by atoms with van der Waals surface area (Å²) in [6.07, 6.45) is 3.80. The molecule has 0 spiro atoms. The largest absolute Gasteiger partial charge is 0.350 e. The topological polar surface area (TPSA) is 62.3 Å². The van der Waals surface area contributed by atoms with E-state index in [0.717, 1.165) is 16.1 Å². The maximum Gasteiger partial charge on any atom is 0.240 e. The number of hydrogen-bond donors (Lipinski definition) is 1. The average Bonchev–Trinajstić information content (AvgIpc) is 2.67. The minimum Gasteiger partial charge on any atom is -0.350 e. The van der Waals surface area contributed by atoms with Crippen molar-refractivity contribution in [3.8, 4) is 0 Å². The van der Waals surface area contributed by atoms with Crippen LogP contribution < -0.4 is 10.2 Å². The van der Waals surface area contributed by atoms with Crippen molar-refractivity contribution in [2.75, 3.05) is 11.4 Å². The first-order chi connectivity index (χ1) is 11.9. The lowest BCUT2D eigenvalue weighted by Gasteiger charge is -2.22. The van der Waals surface area contributed by atoms with Crippen LogP contribution in [-0.4, -0.2) is 28.1 Å². The number of carbonyl (C=O) groups excluding carboxylic acids is 2. The number of carbonyl (C=O) groups is 2. The highest BCUT2D eigenvalue weighted by molar-refractivity contribution is 8.00. The first kappa shape index (κ1) is 17.5. The highest BCUT2D eigenvalue weighted by atomic mass is 32.2. The third-order valence-electron chi connectivity index (χ3n) is 3.93. The summed E-state index contributed by atoms with van der Waals surface area (Å²) in [6.45, 7) is 4.53. The summed E-state index contributed by atoms with van der Waals surface area (Å²) in [7, 11) is 0. The fraction of sp³-hybridized carbons (Fsp3) is 0.316. The Bertz CT molecular complexity index is 777. The molecule has 3 rings (SSSR count). The molecule has 1 aromatic carbocycles. The van der Waals surface area contributed by atoms with Gasteiger partial charge in [-0.1, -0.05) is 18.2 Å². The van der Waals surface area contributed by atoms with Crippen LogP contribution in [0.2, 0.25) is 0 Å². The van der Waals surface area contributed by atoms with Crippen LogP contribution in [0.15, 0.2) is 53.7 Å². The van der Waals surface area contributed by atoms with Gasteiger partial charge in [0, 0.05) is 35.0 Å². The van der Waals surface area contributed by atoms with E-state index in [9.17, 15) is 9.59 Å². The number of benzene rings is 1. The van der Waals surface area contributed by atoms with Crippen molar-refractivity contribution in [3.63, 3.8) is 0 Å². The number of pyridine rings is 1. The van der Waals surface area contributed by atoms with E-state index < -0.39 is 0 Å². The predicted octanol–water partition coefficient (Wildman–Crippen LogP) is 3.01. The van der Waals surface area contributed by atoms with Crippen LogP contribution in [0.5, 0.6) is 0 Å². The summed E-state index contributed by atoms with van der Waals surface area (Å²) in [5, 5.41) is 2.86. The highest BCUT2D eigenvalue weighted by Gasteiger charge is 2.33. The molecular weight excluding hydrogens is 334 g/mol. The number of fused-ring (bicyclic) bond motifs is 1. The van der Waals surface area contributed by atoms with E-state index in [1.165, 1.54) is 0 Å². The van der Waals surface area contributed by atoms with Gasteiger partial charge in [-0.15, -0.1) is 11.8 Å². The number of para-hydroxylation sites is 1. The van der Waals surface area contributed by atoms with Gasteiger partial charge in [-0.05, 0) is 37.6 Å². The van der Waals surface area contributed by atoms with Crippen LogP contribution in [-0.2, 0) is 16.1 Å². The zero-order chi connectivity index (χ0) is 17.9. The van der Waals surface area contributed by atoms with Gasteiger partial charge in [-0.3, -0.25) is 14.6 Å². The maximum absolute atomic E-state index is 12.7. The summed E-state index contributed by atoms with van der Waals surface area (Å²) < 4.78 is -0.200. The number of hydrogen-bond acceptors (Lipinski definition) is 4. The maximum atomic E-state index is 12.7. The van der Waals surface area contributed by atoms with Gasteiger partial charge in [0.05, 0.1) is 5.69 Å². The van der Waals surface area contributed by atoms with E-state index >= 15 is 0 Å². The van der Waals surface area contributed by atoms with Crippen molar-refractivity contribution in [1.82, 2.24) is 10.3 Å². The van der Waals surface area contributed by atoms with E-state index in [1.807, 2.05) is 36.4 Å². The molecule has 6 heteroatoms. The van der Waals surface area contributed by atoms with Gasteiger partial charge in [0.2, 0.25) is 11.8 Å². The molecule has 0 radical (unpaired) electrons. The third-order valence-corrected chi connectivity index (χ3v) is 5.20. The summed E-state index contributed by atoms with van der Waals surface area (Å²) in [6, 6.07) is 11.5. The Kier molecular flexibility index (Phi) is 5.08. The zero-order valence-electron chi connectivity index (χ0n) is 14.4. The smallest absolute Gasteiger partial charge is 0.240 e. The van der Waals surface area contributed by atoms with Crippen LogP contribution in [0.3, 0.4) is 0 Å². The molecule has 0 aliphatic carbocycles. The van der Waals surface area contributed by atoms with Crippen molar-refractivity contribution in [2.45, 2.75) is 36.5 Å². The molecule has 0 saturated carbocycles. The number of anilines is 1. The van der Waals surface area contributed by atoms with Gasteiger partial charge in [0.25, 0.3) is 0 Å². The quantitative estimate of drug-likeness (QED) is 0.916. The summed E-state index contributed by atoms with van der Waals surface area (Å²) in [5.74, 6) is -0.212. The minimum atomic E-state index is -0.200. The molecular formula is C19H21N3O2S. The molecule has 1 aromatic heterocycles. The second-order valence-electron chi connectivity index (χ2n) is 6.62. The number of amides is 2. The number of aromatic nitrogens is 1. The van der Waals surface area contributed by atoms with Crippen molar-refractivity contribution in [3.05, 3.63) is 54.4 Å². The molecule has 5 nitrogen and oxygen atoms in total. The third kappa shape index (κ3) is 4.39. The molecule has 130 valence electrons. The van der Waals surface area contributed by atoms with Crippen LogP contribution in [0.1, 0.15) is 25.8 Å². The Morgan fingerprint density at radius 3 is 2.84 bits per heavy atom. The van der Waals surface area contributed by atoms with Gasteiger partial charge < -0.3 is 10.2 Å². The van der Waals surface area contributed by atoms with E-state index in [2.05, 4.69) is 24.1 Å². The lowest BCUT2D eigenvalue weighted by Crippen LogP contribution is -2.41. The molecule has 0 saturated heterocycles. The highest BCUT2D eigenvalue weighted by Crippen LogP contribution is 2.43. The lowest BCUT2D eigenvalue weighted by atomic mass is 10.1. The molecule has 25 heavy (non-hydrogen) atoms. The van der Waals surface area contributed by atoms with E-state index in [4.69, 9.17) is 0 Å². The van der Waals surface area contributed by atoms with Crippen molar-refractivity contribution in [2.24, 2.45) is 0 Å². The van der Waals surface area contributed by atoms with Gasteiger partial charge in [0.15, 0.2) is 0 Å². The van der Waals surface area contributed by atoms with Gasteiger partial charge in [0.1, 0.15) is 6.54 Å². The fourth-order valence-electron chi connectivity index (χ4n) is 2.77. The first-order valence-corrected chi connectivity index (χ1v) is 9.00. The first-order valence-electron chi connectivity index (χ1n) is 8.19. The SMILES string of the molecule is CC1(C)CC(=O)N(CC(=O)NCc2cccnc2)c2ccccc2S1. The van der Waals surface area contributed by atoms with E-state index in [1.54, 1.807) is 29.1 Å². The summed E-state index contributed by atoms with van der Waals surface area (Å²) >= 11 is 1.68. The Labute approximate surface area is 151 Å². The molecule has 0 atom stereocenters. The van der Waals surface area contributed by atoms with E-state index in [0.29, 0.717) is 13.0 Å². The molecule has 2 amide bonds. The molecule has 0 unspecified atom stereocenters. The monoisotopic (exact) mass is 355 g/mol. The standard InChI is InChI=1S/C19H21N3O2S/c1-19(2)10-18(24)22(15-7-3-4-8-16(15)25-19)13-17(23)21-12-14-6-5-9-20-11-14/h3-9,11H,10,12-13H2,1-2H3,(H,21,23). The molecule has 0 fully saturated rings. The molecule has 2 aromatic rings. The molecule has 1 aliphatic rings. The number of nitrogens with zero attached hydrogens (tertiary/aromatic N) is 2. The fourth-order valence-corrected chi connectivity index (χ4v) is 3.99. The molecule has 1 aliphatic heterocycles. The molecule has 1 N–H and O–H groups in total. The van der Waals surface area contributed by atoms with Crippen LogP contribution in [0.25, 0.3) is 0 Å². The van der Waals surface area contributed by atoms with Crippen molar-refractivity contribution < 1.29 is 9.59 Å². The van der Waals surface area contributed by atoms with Crippen molar-refractivity contribution in [1.29, 1.82) is 0 Å². The number of nitrogens with one attached hydrogen (secondary N) is 1. The molecule has 2 heterocycles. The molecule has 0 bridgehead atoms. The van der Waals surface area contributed by atoms with E-state index in [-0.39, 0.29) is 23.1 Å². The zero-order valence-corrected chi connectivity index (χ0v) is 15.2. The summed E-state index contributed by atoms with van der Waals surface area (Å²) in [4.78, 5) is 31.8. The average molecular weight is 355 g/mol. The van der Waals surface area contributed by atoms with Crippen molar-refractivity contribution >= 4 is 29.3 Å². The lowest BCUT2D eigenvalue weighted by molar-refractivity contribution is -0.124. The Morgan fingerprint density at radius 1 is 1.28 bits per heavy atom. The normalized spacial score (nSPS) is 16.1. The van der Waals surface area contributed by atoms with Gasteiger partial charge >= 0.3 is 0 Å². The van der Waals surface area contributed by atoms with Crippen LogP contribution >= 0.6 is 11.8 Å². The summed E-state index contributed by atoms with van der Waals surface area (Å²) in [5.41, 5.74) is 1.73. The second-order valence-corrected chi connectivity index (χ2v) is 8.37. The van der Waals surface area contributed by atoms with Gasteiger partial charge in [-0.2, -0.15) is 0 Å². The van der Waals surface area contributed by atoms with Crippen LogP contribution in [0, 0.1) is 0 Å². The minimum absolute atomic E-state index is 0.0206. The second kappa shape index (κ2) is 7.27. The number of thioether (sulfide) groups is 1. The van der Waals surface area contributed by atoms with Crippen LogP contribution in [0.4, 0.5) is 5.69 Å².